The fourth-order valence-electron chi connectivity index (χ4n) is 1.82. The van der Waals surface area contributed by atoms with Crippen LogP contribution in [0.1, 0.15) is 41.0 Å². The van der Waals surface area contributed by atoms with Crippen LogP contribution >= 0.6 is 15.9 Å². The summed E-state index contributed by atoms with van der Waals surface area (Å²) in [6.07, 6.45) is 0.246. The number of aromatic carboxylic acids is 1. The van der Waals surface area contributed by atoms with E-state index in [1.165, 1.54) is 12.1 Å². The Labute approximate surface area is 107 Å². The number of carbonyl (C=O) groups excluding carboxylic acids is 1. The van der Waals surface area contributed by atoms with Crippen LogP contribution in [-0.2, 0) is 0 Å². The lowest BCUT2D eigenvalue weighted by molar-refractivity contribution is 0.0615. The van der Waals surface area contributed by atoms with Crippen LogP contribution in [-0.4, -0.2) is 22.5 Å². The second-order valence-corrected chi connectivity index (χ2v) is 5.46. The molecule has 17 heavy (non-hydrogen) atoms. The van der Waals surface area contributed by atoms with Gasteiger partial charge in [-0.3, -0.25) is 4.79 Å². The molecule has 4 nitrogen and oxygen atoms in total. The molecule has 90 valence electrons. The van der Waals surface area contributed by atoms with E-state index in [2.05, 4.69) is 15.9 Å². The summed E-state index contributed by atoms with van der Waals surface area (Å²) >= 11 is 3.24. The van der Waals surface area contributed by atoms with Crippen molar-refractivity contribution in [3.63, 3.8) is 0 Å². The maximum Gasteiger partial charge on any atom is 0.335 e. The first-order valence-corrected chi connectivity index (χ1v) is 5.88. The first kappa shape index (κ1) is 12.1. The molecule has 0 amide bonds. The van der Waals surface area contributed by atoms with Crippen molar-refractivity contribution in [1.29, 1.82) is 0 Å². The summed E-state index contributed by atoms with van der Waals surface area (Å²) in [4.78, 5) is 22.8. The number of carbonyl (C=O) groups is 2. The number of benzene rings is 1. The third-order valence-corrected chi connectivity index (χ3v) is 3.14. The zero-order valence-corrected chi connectivity index (χ0v) is 11.0. The van der Waals surface area contributed by atoms with Crippen molar-refractivity contribution in [2.45, 2.75) is 25.9 Å². The Morgan fingerprint density at radius 2 is 2.12 bits per heavy atom. The molecule has 0 atom stereocenters. The lowest BCUT2D eigenvalue weighted by Gasteiger charge is -2.32. The Kier molecular flexibility index (Phi) is 2.73. The summed E-state index contributed by atoms with van der Waals surface area (Å²) in [6, 6.07) is 2.80. The van der Waals surface area contributed by atoms with E-state index in [9.17, 15) is 9.59 Å². The normalized spacial score (nSPS) is 17.2. The number of hydrogen-bond acceptors (Lipinski definition) is 3. The SMILES string of the molecule is CC1(C)CC(=O)c2cc(C(=O)O)cc(Br)c2O1. The van der Waals surface area contributed by atoms with E-state index >= 15 is 0 Å². The van der Waals surface area contributed by atoms with Crippen LogP contribution in [0.4, 0.5) is 0 Å². The number of hydrogen-bond donors (Lipinski definition) is 1. The third-order valence-electron chi connectivity index (χ3n) is 2.56. The molecule has 0 saturated carbocycles. The van der Waals surface area contributed by atoms with E-state index in [4.69, 9.17) is 9.84 Å². The summed E-state index contributed by atoms with van der Waals surface area (Å²) in [6.45, 7) is 3.65. The topological polar surface area (TPSA) is 63.6 Å². The van der Waals surface area contributed by atoms with Gasteiger partial charge in [0, 0.05) is 0 Å². The van der Waals surface area contributed by atoms with Gasteiger partial charge in [-0.2, -0.15) is 0 Å². The molecule has 1 N–H and O–H groups in total. The van der Waals surface area contributed by atoms with Gasteiger partial charge in [0.25, 0.3) is 0 Å². The molecule has 1 aromatic rings. The molecule has 0 unspecified atom stereocenters. The molecule has 1 heterocycles. The summed E-state index contributed by atoms with van der Waals surface area (Å²) in [7, 11) is 0. The molecule has 1 aliphatic rings. The van der Waals surface area contributed by atoms with Crippen LogP contribution in [0.15, 0.2) is 16.6 Å². The maximum absolute atomic E-state index is 11.9. The Morgan fingerprint density at radius 3 is 2.71 bits per heavy atom. The number of carboxylic acid groups (broad SMARTS) is 1. The van der Waals surface area contributed by atoms with Crippen LogP contribution in [0.5, 0.6) is 5.75 Å². The van der Waals surface area contributed by atoms with Gasteiger partial charge in [-0.05, 0) is 41.9 Å². The highest BCUT2D eigenvalue weighted by molar-refractivity contribution is 9.10. The summed E-state index contributed by atoms with van der Waals surface area (Å²) in [5.74, 6) is -0.734. The summed E-state index contributed by atoms with van der Waals surface area (Å²) in [5, 5.41) is 8.93. The second kappa shape index (κ2) is 3.84. The highest BCUT2D eigenvalue weighted by Gasteiger charge is 2.34. The van der Waals surface area contributed by atoms with Gasteiger partial charge >= 0.3 is 5.97 Å². The van der Waals surface area contributed by atoms with Crippen molar-refractivity contribution < 1.29 is 19.4 Å². The van der Waals surface area contributed by atoms with Gasteiger partial charge in [0.05, 0.1) is 22.0 Å². The molecule has 0 aromatic heterocycles. The van der Waals surface area contributed by atoms with Gasteiger partial charge in [0.1, 0.15) is 11.4 Å². The quantitative estimate of drug-likeness (QED) is 0.866. The van der Waals surface area contributed by atoms with Crippen LogP contribution in [0, 0.1) is 0 Å². The minimum atomic E-state index is -1.06. The number of rotatable bonds is 1. The first-order valence-electron chi connectivity index (χ1n) is 5.09. The Bertz CT molecular complexity index is 519. The zero-order chi connectivity index (χ0) is 12.8. The molecule has 0 radical (unpaired) electrons. The molecule has 2 rings (SSSR count). The average Bonchev–Trinajstić information content (AvgIpc) is 2.17. The van der Waals surface area contributed by atoms with Gasteiger partial charge in [0.15, 0.2) is 5.78 Å². The molecule has 0 bridgehead atoms. The third kappa shape index (κ3) is 2.20. The molecule has 0 aliphatic carbocycles. The van der Waals surface area contributed by atoms with Crippen molar-refractivity contribution in [3.05, 3.63) is 27.7 Å². The van der Waals surface area contributed by atoms with Gasteiger partial charge in [-0.1, -0.05) is 0 Å². The lowest BCUT2D eigenvalue weighted by Crippen LogP contribution is -2.36. The predicted octanol–water partition coefficient (Wildman–Crippen LogP) is 2.89. The van der Waals surface area contributed by atoms with Crippen molar-refractivity contribution >= 4 is 27.7 Å². The smallest absolute Gasteiger partial charge is 0.335 e. The average molecular weight is 299 g/mol. The van der Waals surface area contributed by atoms with Crippen molar-refractivity contribution in [1.82, 2.24) is 0 Å². The minimum Gasteiger partial charge on any atom is -0.485 e. The standard InChI is InChI=1S/C12H11BrO4/c1-12(2)5-9(14)7-3-6(11(15)16)4-8(13)10(7)17-12/h3-4H,5H2,1-2H3,(H,15,16). The van der Waals surface area contributed by atoms with E-state index in [0.29, 0.717) is 15.8 Å². The monoisotopic (exact) mass is 298 g/mol. The number of ketones is 1. The highest BCUT2D eigenvalue weighted by Crippen LogP contribution is 2.39. The number of Topliss-reactive ketones (excluding diaryl/α,β-unsaturated/α-hetero) is 1. The Hall–Kier alpha value is -1.36. The Balaban J connectivity index is 2.60. The number of ether oxygens (including phenoxy) is 1. The van der Waals surface area contributed by atoms with E-state index in [1.807, 2.05) is 13.8 Å². The molecule has 0 saturated heterocycles. The van der Waals surface area contributed by atoms with Crippen LogP contribution in [0.3, 0.4) is 0 Å². The minimum absolute atomic E-state index is 0.0762. The first-order chi connectivity index (χ1) is 7.80. The fraction of sp³-hybridized carbons (Fsp3) is 0.333. The van der Waals surface area contributed by atoms with Gasteiger partial charge < -0.3 is 9.84 Å². The summed E-state index contributed by atoms with van der Waals surface area (Å²) < 4.78 is 6.19. The van der Waals surface area contributed by atoms with Crippen molar-refractivity contribution in [2.24, 2.45) is 0 Å². The van der Waals surface area contributed by atoms with E-state index in [1.54, 1.807) is 0 Å². The zero-order valence-electron chi connectivity index (χ0n) is 9.41. The molecular weight excluding hydrogens is 288 g/mol. The van der Waals surface area contributed by atoms with E-state index < -0.39 is 11.6 Å². The maximum atomic E-state index is 11.9. The van der Waals surface area contributed by atoms with Gasteiger partial charge in [-0.25, -0.2) is 4.79 Å². The molecule has 1 aliphatic heterocycles. The highest BCUT2D eigenvalue weighted by atomic mass is 79.9. The molecular formula is C12H11BrO4. The molecule has 0 fully saturated rings. The Morgan fingerprint density at radius 1 is 1.47 bits per heavy atom. The van der Waals surface area contributed by atoms with Gasteiger partial charge in [-0.15, -0.1) is 0 Å². The van der Waals surface area contributed by atoms with Crippen molar-refractivity contribution in [2.75, 3.05) is 0 Å². The lowest BCUT2D eigenvalue weighted by atomic mass is 9.92. The van der Waals surface area contributed by atoms with E-state index in [0.717, 1.165) is 0 Å². The van der Waals surface area contributed by atoms with E-state index in [-0.39, 0.29) is 17.8 Å². The number of carboxylic acids is 1. The number of halogens is 1. The number of fused-ring (bicyclic) bond motifs is 1. The molecule has 5 heteroatoms. The molecule has 1 aromatic carbocycles. The predicted molar refractivity (Wildman–Crippen MR) is 64.8 cm³/mol. The van der Waals surface area contributed by atoms with Gasteiger partial charge in [0.2, 0.25) is 0 Å². The summed E-state index contributed by atoms with van der Waals surface area (Å²) in [5.41, 5.74) is -0.152. The largest absolute Gasteiger partial charge is 0.485 e. The van der Waals surface area contributed by atoms with Crippen LogP contribution in [0.2, 0.25) is 0 Å². The molecule has 0 spiro atoms. The van der Waals surface area contributed by atoms with Crippen LogP contribution in [0.25, 0.3) is 0 Å². The fourth-order valence-corrected chi connectivity index (χ4v) is 2.36. The van der Waals surface area contributed by atoms with Crippen molar-refractivity contribution in [3.8, 4) is 5.75 Å². The van der Waals surface area contributed by atoms with Crippen LogP contribution < -0.4 is 4.74 Å². The second-order valence-electron chi connectivity index (χ2n) is 4.60.